The predicted octanol–water partition coefficient (Wildman–Crippen LogP) is 4.18. The molecule has 1 N–H and O–H groups in total. The number of carbonyl (C=O) groups excluding carboxylic acids is 1. The number of halogens is 1. The Morgan fingerprint density at radius 2 is 2.04 bits per heavy atom. The van der Waals surface area contributed by atoms with E-state index in [9.17, 15) is 4.79 Å². The highest BCUT2D eigenvalue weighted by Crippen LogP contribution is 2.23. The van der Waals surface area contributed by atoms with Crippen molar-refractivity contribution in [2.45, 2.75) is 46.1 Å². The molecule has 6 heteroatoms. The van der Waals surface area contributed by atoms with Crippen molar-refractivity contribution >= 4 is 21.8 Å². The van der Waals surface area contributed by atoms with E-state index in [2.05, 4.69) is 52.0 Å². The Bertz CT molecular complexity index is 797. The van der Waals surface area contributed by atoms with Gasteiger partial charge in [-0.15, -0.1) is 0 Å². The second-order valence-electron chi connectivity index (χ2n) is 8.22. The van der Waals surface area contributed by atoms with Crippen LogP contribution in [0.3, 0.4) is 0 Å². The van der Waals surface area contributed by atoms with Crippen molar-refractivity contribution in [2.75, 3.05) is 19.6 Å². The summed E-state index contributed by atoms with van der Waals surface area (Å²) in [6, 6.07) is 7.90. The summed E-state index contributed by atoms with van der Waals surface area (Å²) in [5.74, 6) is 0.661. The van der Waals surface area contributed by atoms with Crippen molar-refractivity contribution in [3.05, 3.63) is 46.2 Å². The molecule has 27 heavy (non-hydrogen) atoms. The molecular weight excluding hydrogens is 404 g/mol. The first-order valence-corrected chi connectivity index (χ1v) is 10.4. The van der Waals surface area contributed by atoms with E-state index in [0.29, 0.717) is 12.1 Å². The van der Waals surface area contributed by atoms with Crippen LogP contribution in [0, 0.1) is 12.8 Å². The van der Waals surface area contributed by atoms with Gasteiger partial charge in [-0.1, -0.05) is 22.9 Å². The van der Waals surface area contributed by atoms with E-state index in [4.69, 9.17) is 0 Å². The summed E-state index contributed by atoms with van der Waals surface area (Å²) >= 11 is 3.44. The van der Waals surface area contributed by atoms with Gasteiger partial charge in [-0.25, -0.2) is 4.68 Å². The molecule has 2 aromatic rings. The number of likely N-dealkylation sites (tertiary alicyclic amines) is 1. The Labute approximate surface area is 170 Å². The quantitative estimate of drug-likeness (QED) is 0.770. The van der Waals surface area contributed by atoms with Gasteiger partial charge in [0.05, 0.1) is 23.1 Å². The lowest BCUT2D eigenvalue weighted by Gasteiger charge is -2.43. The number of aromatic nitrogens is 2. The molecule has 1 aliphatic rings. The maximum absolute atomic E-state index is 12.8. The molecule has 1 fully saturated rings. The van der Waals surface area contributed by atoms with E-state index in [1.54, 1.807) is 10.9 Å². The molecule has 146 valence electrons. The molecule has 1 atom stereocenters. The molecule has 0 radical (unpaired) electrons. The molecule has 1 aliphatic heterocycles. The smallest absolute Gasteiger partial charge is 0.254 e. The van der Waals surface area contributed by atoms with Gasteiger partial charge in [-0.05, 0) is 70.3 Å². The lowest BCUT2D eigenvalue weighted by molar-refractivity contribution is 0.0657. The zero-order chi connectivity index (χ0) is 19.6. The number of amides is 1. The van der Waals surface area contributed by atoms with Gasteiger partial charge < -0.3 is 5.32 Å². The van der Waals surface area contributed by atoms with Crippen LogP contribution in [-0.4, -0.2) is 45.8 Å². The SMILES string of the molecule is Cc1c(C(=O)NCC(C)(C)N2CCCC(C)C2)cnn1-c1ccc(Br)cc1. The van der Waals surface area contributed by atoms with E-state index >= 15 is 0 Å². The maximum Gasteiger partial charge on any atom is 0.254 e. The lowest BCUT2D eigenvalue weighted by Crippen LogP contribution is -2.54. The molecular formula is C21H29BrN4O. The fourth-order valence-electron chi connectivity index (χ4n) is 3.72. The highest BCUT2D eigenvalue weighted by Gasteiger charge is 2.30. The van der Waals surface area contributed by atoms with Gasteiger partial charge in [-0.3, -0.25) is 9.69 Å². The van der Waals surface area contributed by atoms with Gasteiger partial charge in [0, 0.05) is 23.1 Å². The molecule has 0 saturated carbocycles. The third-order valence-corrected chi connectivity index (χ3v) is 6.05. The van der Waals surface area contributed by atoms with Gasteiger partial charge in [0.25, 0.3) is 5.91 Å². The van der Waals surface area contributed by atoms with Gasteiger partial charge in [-0.2, -0.15) is 5.10 Å². The summed E-state index contributed by atoms with van der Waals surface area (Å²) in [4.78, 5) is 15.3. The van der Waals surface area contributed by atoms with Gasteiger partial charge in [0.1, 0.15) is 0 Å². The van der Waals surface area contributed by atoms with Gasteiger partial charge in [0.15, 0.2) is 0 Å². The molecule has 2 heterocycles. The first kappa shape index (κ1) is 20.1. The van der Waals surface area contributed by atoms with E-state index < -0.39 is 0 Å². The topological polar surface area (TPSA) is 50.2 Å². The zero-order valence-corrected chi connectivity index (χ0v) is 18.2. The first-order chi connectivity index (χ1) is 12.8. The Morgan fingerprint density at radius 3 is 2.70 bits per heavy atom. The fraction of sp³-hybridized carbons (Fsp3) is 0.524. The number of hydrogen-bond acceptors (Lipinski definition) is 3. The summed E-state index contributed by atoms with van der Waals surface area (Å²) in [5.41, 5.74) is 2.36. The number of rotatable bonds is 5. The molecule has 1 unspecified atom stereocenters. The molecule has 1 aromatic heterocycles. The molecule has 0 bridgehead atoms. The fourth-order valence-corrected chi connectivity index (χ4v) is 3.98. The number of benzene rings is 1. The second kappa shape index (κ2) is 8.15. The highest BCUT2D eigenvalue weighted by atomic mass is 79.9. The minimum Gasteiger partial charge on any atom is -0.350 e. The van der Waals surface area contributed by atoms with Crippen molar-refractivity contribution < 1.29 is 4.79 Å². The predicted molar refractivity (Wildman–Crippen MR) is 112 cm³/mol. The van der Waals surface area contributed by atoms with Crippen molar-refractivity contribution in [1.82, 2.24) is 20.0 Å². The van der Waals surface area contributed by atoms with Crippen LogP contribution >= 0.6 is 15.9 Å². The first-order valence-electron chi connectivity index (χ1n) is 9.62. The van der Waals surface area contributed by atoms with Crippen LogP contribution in [0.1, 0.15) is 49.7 Å². The Hall–Kier alpha value is -1.66. The third kappa shape index (κ3) is 4.61. The maximum atomic E-state index is 12.8. The van der Waals surface area contributed by atoms with Crippen LogP contribution in [0.4, 0.5) is 0 Å². The second-order valence-corrected chi connectivity index (χ2v) is 9.14. The summed E-state index contributed by atoms with van der Waals surface area (Å²) in [5, 5.41) is 7.54. The van der Waals surface area contributed by atoms with E-state index in [0.717, 1.165) is 34.9 Å². The van der Waals surface area contributed by atoms with Crippen LogP contribution in [0.15, 0.2) is 34.9 Å². The standard InChI is InChI=1S/C21H29BrN4O/c1-15-6-5-11-25(13-15)21(3,4)14-23-20(27)19-12-24-26(16(19)2)18-9-7-17(22)8-10-18/h7-10,12,15H,5-6,11,13-14H2,1-4H3,(H,23,27). The molecule has 3 rings (SSSR count). The van der Waals surface area contributed by atoms with Crippen LogP contribution in [0.2, 0.25) is 0 Å². The molecule has 0 spiro atoms. The molecule has 5 nitrogen and oxygen atoms in total. The van der Waals surface area contributed by atoms with E-state index in [1.165, 1.54) is 12.8 Å². The van der Waals surface area contributed by atoms with Crippen molar-refractivity contribution in [3.63, 3.8) is 0 Å². The summed E-state index contributed by atoms with van der Waals surface area (Å²) in [6.07, 6.45) is 4.19. The normalized spacial score (nSPS) is 18.5. The Balaban J connectivity index is 1.67. The van der Waals surface area contributed by atoms with Crippen molar-refractivity contribution in [2.24, 2.45) is 5.92 Å². The third-order valence-electron chi connectivity index (χ3n) is 5.52. The summed E-state index contributed by atoms with van der Waals surface area (Å²) in [7, 11) is 0. The monoisotopic (exact) mass is 432 g/mol. The van der Waals surface area contributed by atoms with Crippen molar-refractivity contribution in [1.29, 1.82) is 0 Å². The zero-order valence-electron chi connectivity index (χ0n) is 16.6. The Kier molecular flexibility index (Phi) is 6.06. The number of piperidine rings is 1. The molecule has 1 saturated heterocycles. The number of nitrogens with one attached hydrogen (secondary N) is 1. The molecule has 1 amide bonds. The number of hydrogen-bond donors (Lipinski definition) is 1. The average Bonchev–Trinajstić information content (AvgIpc) is 3.02. The molecule has 1 aromatic carbocycles. The minimum absolute atomic E-state index is 0.0556. The van der Waals surface area contributed by atoms with Crippen LogP contribution < -0.4 is 5.32 Å². The van der Waals surface area contributed by atoms with E-state index in [1.807, 2.05) is 31.2 Å². The van der Waals surface area contributed by atoms with Crippen LogP contribution in [0.5, 0.6) is 0 Å². The van der Waals surface area contributed by atoms with Crippen LogP contribution in [-0.2, 0) is 0 Å². The largest absolute Gasteiger partial charge is 0.350 e. The average molecular weight is 433 g/mol. The van der Waals surface area contributed by atoms with Crippen molar-refractivity contribution in [3.8, 4) is 5.69 Å². The summed E-state index contributed by atoms with van der Waals surface area (Å²) < 4.78 is 2.82. The van der Waals surface area contributed by atoms with Gasteiger partial charge >= 0.3 is 0 Å². The minimum atomic E-state index is -0.0611. The number of carbonyl (C=O) groups is 1. The van der Waals surface area contributed by atoms with E-state index in [-0.39, 0.29) is 11.4 Å². The lowest BCUT2D eigenvalue weighted by atomic mass is 9.93. The molecule has 0 aliphatic carbocycles. The highest BCUT2D eigenvalue weighted by molar-refractivity contribution is 9.10. The summed E-state index contributed by atoms with van der Waals surface area (Å²) in [6.45, 7) is 11.5. The number of nitrogens with zero attached hydrogens (tertiary/aromatic N) is 3. The Morgan fingerprint density at radius 1 is 1.33 bits per heavy atom. The van der Waals surface area contributed by atoms with Gasteiger partial charge in [0.2, 0.25) is 0 Å². The van der Waals surface area contributed by atoms with Crippen LogP contribution in [0.25, 0.3) is 5.69 Å².